The van der Waals surface area contributed by atoms with Crippen molar-refractivity contribution >= 4 is 17.3 Å². The molecule has 5 heteroatoms. The molecule has 0 saturated heterocycles. The minimum Gasteiger partial charge on any atom is -0.497 e. The van der Waals surface area contributed by atoms with Gasteiger partial charge in [-0.25, -0.2) is 4.98 Å². The van der Waals surface area contributed by atoms with Crippen LogP contribution in [0.2, 0.25) is 5.02 Å². The fourth-order valence-corrected chi connectivity index (χ4v) is 1.50. The summed E-state index contributed by atoms with van der Waals surface area (Å²) in [5.41, 5.74) is 6.04. The summed E-state index contributed by atoms with van der Waals surface area (Å²) < 4.78 is 10.6. The molecule has 1 aromatic heterocycles. The van der Waals surface area contributed by atoms with E-state index in [1.165, 1.54) is 6.20 Å². The normalized spacial score (nSPS) is 10.0. The van der Waals surface area contributed by atoms with Crippen LogP contribution in [-0.2, 0) is 0 Å². The number of aromatic nitrogens is 1. The monoisotopic (exact) mass is 250 g/mol. The van der Waals surface area contributed by atoms with E-state index in [-0.39, 0.29) is 0 Å². The summed E-state index contributed by atoms with van der Waals surface area (Å²) in [6, 6.07) is 8.76. The van der Waals surface area contributed by atoms with Crippen molar-refractivity contribution in [1.29, 1.82) is 0 Å². The molecule has 88 valence electrons. The number of rotatable bonds is 3. The lowest BCUT2D eigenvalue weighted by molar-refractivity contribution is 0.407. The second-order valence-electron chi connectivity index (χ2n) is 3.34. The summed E-state index contributed by atoms with van der Waals surface area (Å²) in [6.07, 6.45) is 1.49. The van der Waals surface area contributed by atoms with E-state index in [0.29, 0.717) is 28.1 Å². The highest BCUT2D eigenvalue weighted by Crippen LogP contribution is 2.29. The largest absolute Gasteiger partial charge is 0.497 e. The molecule has 0 spiro atoms. The van der Waals surface area contributed by atoms with Crippen LogP contribution in [-0.4, -0.2) is 12.1 Å². The third-order valence-corrected chi connectivity index (χ3v) is 2.36. The Kier molecular flexibility index (Phi) is 3.35. The molecule has 1 heterocycles. The van der Waals surface area contributed by atoms with Crippen LogP contribution in [0.25, 0.3) is 0 Å². The first kappa shape index (κ1) is 11.5. The maximum atomic E-state index is 5.95. The molecule has 0 fully saturated rings. The minimum absolute atomic E-state index is 0.314. The van der Waals surface area contributed by atoms with Gasteiger partial charge in [-0.05, 0) is 18.2 Å². The van der Waals surface area contributed by atoms with Crippen LogP contribution in [0.1, 0.15) is 0 Å². The predicted octanol–water partition coefficient (Wildman–Crippen LogP) is 3.12. The predicted molar refractivity (Wildman–Crippen MR) is 66.7 cm³/mol. The Labute approximate surface area is 104 Å². The highest BCUT2D eigenvalue weighted by Gasteiger charge is 2.05. The Balaban J connectivity index is 2.25. The van der Waals surface area contributed by atoms with Crippen molar-refractivity contribution in [1.82, 2.24) is 4.98 Å². The Morgan fingerprint density at radius 1 is 1.24 bits per heavy atom. The first-order chi connectivity index (χ1) is 8.19. The van der Waals surface area contributed by atoms with Crippen molar-refractivity contribution in [3.63, 3.8) is 0 Å². The zero-order valence-corrected chi connectivity index (χ0v) is 9.94. The van der Waals surface area contributed by atoms with Gasteiger partial charge in [0.25, 0.3) is 0 Å². The highest BCUT2D eigenvalue weighted by molar-refractivity contribution is 6.32. The van der Waals surface area contributed by atoms with Crippen LogP contribution in [0.15, 0.2) is 36.5 Å². The quantitative estimate of drug-likeness (QED) is 0.909. The van der Waals surface area contributed by atoms with Gasteiger partial charge in [0.05, 0.1) is 19.0 Å². The van der Waals surface area contributed by atoms with Gasteiger partial charge in [-0.15, -0.1) is 0 Å². The zero-order chi connectivity index (χ0) is 12.3. The van der Waals surface area contributed by atoms with Crippen LogP contribution in [0, 0.1) is 0 Å². The van der Waals surface area contributed by atoms with Crippen molar-refractivity contribution in [2.75, 3.05) is 12.8 Å². The first-order valence-electron chi connectivity index (χ1n) is 4.92. The molecule has 0 aliphatic carbocycles. The minimum atomic E-state index is 0.314. The molecule has 0 atom stereocenters. The lowest BCUT2D eigenvalue weighted by Crippen LogP contribution is -1.92. The Morgan fingerprint density at radius 2 is 2.00 bits per heavy atom. The fourth-order valence-electron chi connectivity index (χ4n) is 1.29. The van der Waals surface area contributed by atoms with Crippen molar-refractivity contribution in [2.45, 2.75) is 0 Å². The standard InChI is InChI=1S/C12H11ClN2O2/c1-16-9-3-2-4-10(6-9)17-12-11(13)5-8(14)7-15-12/h2-7H,14H2,1H3. The molecular formula is C12H11ClN2O2. The van der Waals surface area contributed by atoms with Crippen LogP contribution in [0.3, 0.4) is 0 Å². The Bertz CT molecular complexity index is 532. The van der Waals surface area contributed by atoms with Gasteiger partial charge >= 0.3 is 0 Å². The summed E-state index contributed by atoms with van der Waals surface area (Å²) in [5, 5.41) is 0.368. The average Bonchev–Trinajstić information content (AvgIpc) is 2.33. The molecule has 0 radical (unpaired) electrons. The molecule has 17 heavy (non-hydrogen) atoms. The van der Waals surface area contributed by atoms with E-state index in [1.54, 1.807) is 25.3 Å². The third-order valence-electron chi connectivity index (χ3n) is 2.08. The maximum absolute atomic E-state index is 5.95. The molecule has 0 aliphatic heterocycles. The van der Waals surface area contributed by atoms with Crippen molar-refractivity contribution < 1.29 is 9.47 Å². The van der Waals surface area contributed by atoms with Crippen molar-refractivity contribution in [3.05, 3.63) is 41.6 Å². The zero-order valence-electron chi connectivity index (χ0n) is 9.18. The molecule has 1 aromatic carbocycles. The topological polar surface area (TPSA) is 57.4 Å². The molecule has 4 nitrogen and oxygen atoms in total. The van der Waals surface area contributed by atoms with Gasteiger partial charge in [0.2, 0.25) is 5.88 Å². The number of pyridine rings is 1. The van der Waals surface area contributed by atoms with E-state index in [0.717, 1.165) is 0 Å². The van der Waals surface area contributed by atoms with Gasteiger partial charge in [-0.2, -0.15) is 0 Å². The van der Waals surface area contributed by atoms with Crippen LogP contribution in [0.4, 0.5) is 5.69 Å². The summed E-state index contributed by atoms with van der Waals surface area (Å²) in [6.45, 7) is 0. The average molecular weight is 251 g/mol. The highest BCUT2D eigenvalue weighted by atomic mass is 35.5. The van der Waals surface area contributed by atoms with Crippen LogP contribution < -0.4 is 15.2 Å². The smallest absolute Gasteiger partial charge is 0.238 e. The Hall–Kier alpha value is -1.94. The molecule has 0 saturated carbocycles. The first-order valence-corrected chi connectivity index (χ1v) is 5.30. The van der Waals surface area contributed by atoms with E-state index in [2.05, 4.69) is 4.98 Å². The van der Waals surface area contributed by atoms with E-state index >= 15 is 0 Å². The third kappa shape index (κ3) is 2.79. The molecular weight excluding hydrogens is 240 g/mol. The van der Waals surface area contributed by atoms with Gasteiger partial charge in [-0.1, -0.05) is 17.7 Å². The molecule has 0 bridgehead atoms. The van der Waals surface area contributed by atoms with E-state index in [1.807, 2.05) is 12.1 Å². The van der Waals surface area contributed by atoms with E-state index in [9.17, 15) is 0 Å². The summed E-state index contributed by atoms with van der Waals surface area (Å²) in [4.78, 5) is 4.01. The number of halogens is 1. The number of nitrogen functional groups attached to an aromatic ring is 1. The molecule has 2 N–H and O–H groups in total. The number of anilines is 1. The second kappa shape index (κ2) is 4.93. The van der Waals surface area contributed by atoms with Gasteiger partial charge in [-0.3, -0.25) is 0 Å². The van der Waals surface area contributed by atoms with Gasteiger partial charge in [0.1, 0.15) is 16.5 Å². The number of methoxy groups -OCH3 is 1. The lowest BCUT2D eigenvalue weighted by Gasteiger charge is -2.07. The lowest BCUT2D eigenvalue weighted by atomic mass is 10.3. The second-order valence-corrected chi connectivity index (χ2v) is 3.74. The fraction of sp³-hybridized carbons (Fsp3) is 0.0833. The van der Waals surface area contributed by atoms with Crippen molar-refractivity contribution in [2.24, 2.45) is 0 Å². The number of ether oxygens (including phenoxy) is 2. The molecule has 0 amide bonds. The van der Waals surface area contributed by atoms with Crippen LogP contribution in [0.5, 0.6) is 17.4 Å². The number of benzene rings is 1. The number of nitrogens with zero attached hydrogens (tertiary/aromatic N) is 1. The number of hydrogen-bond donors (Lipinski definition) is 1. The summed E-state index contributed by atoms with van der Waals surface area (Å²) in [7, 11) is 1.59. The summed E-state index contributed by atoms with van der Waals surface area (Å²) in [5.74, 6) is 1.62. The molecule has 0 aliphatic rings. The van der Waals surface area contributed by atoms with Gasteiger partial charge in [0.15, 0.2) is 0 Å². The van der Waals surface area contributed by atoms with E-state index in [4.69, 9.17) is 26.8 Å². The van der Waals surface area contributed by atoms with Crippen molar-refractivity contribution in [3.8, 4) is 17.4 Å². The van der Waals surface area contributed by atoms with Crippen LogP contribution >= 0.6 is 11.6 Å². The number of nitrogens with two attached hydrogens (primary N) is 1. The molecule has 2 rings (SSSR count). The van der Waals surface area contributed by atoms with E-state index < -0.39 is 0 Å². The number of hydrogen-bond acceptors (Lipinski definition) is 4. The Morgan fingerprint density at radius 3 is 2.71 bits per heavy atom. The maximum Gasteiger partial charge on any atom is 0.238 e. The molecule has 2 aromatic rings. The van der Waals surface area contributed by atoms with Gasteiger partial charge < -0.3 is 15.2 Å². The summed E-state index contributed by atoms with van der Waals surface area (Å²) >= 11 is 5.95. The SMILES string of the molecule is COc1cccc(Oc2ncc(N)cc2Cl)c1. The van der Waals surface area contributed by atoms with Gasteiger partial charge in [0, 0.05) is 6.07 Å². The molecule has 0 unspecified atom stereocenters.